The van der Waals surface area contributed by atoms with Gasteiger partial charge >= 0.3 is 0 Å². The van der Waals surface area contributed by atoms with Crippen molar-refractivity contribution in [2.75, 3.05) is 0 Å². The molecule has 0 aliphatic rings. The Labute approximate surface area is 217 Å². The fourth-order valence-electron chi connectivity index (χ4n) is 4.71. The van der Waals surface area contributed by atoms with E-state index in [1.54, 1.807) is 0 Å². The van der Waals surface area contributed by atoms with Crippen LogP contribution in [0.1, 0.15) is 22.3 Å². The molecule has 0 bridgehead atoms. The molecule has 0 N–H and O–H groups in total. The maximum atomic E-state index is 6.16. The van der Waals surface area contributed by atoms with Gasteiger partial charge in [-0.3, -0.25) is 0 Å². The van der Waals surface area contributed by atoms with E-state index in [0.717, 1.165) is 16.7 Å². The lowest BCUT2D eigenvalue weighted by atomic mass is 9.72. The topological polar surface area (TPSA) is 0 Å². The van der Waals surface area contributed by atoms with Gasteiger partial charge in [-0.15, -0.1) is 0 Å². The van der Waals surface area contributed by atoms with Crippen LogP contribution >= 0.6 is 10.9 Å². The van der Waals surface area contributed by atoms with Crippen LogP contribution in [0.3, 0.4) is 0 Å². The van der Waals surface area contributed by atoms with Gasteiger partial charge in [0, 0.05) is 10.9 Å². The average molecular weight is 537 g/mol. The van der Waals surface area contributed by atoms with Crippen LogP contribution in [-0.4, -0.2) is 0 Å². The normalized spacial score (nSPS) is 13.1. The Bertz CT molecular complexity index is 1300. The maximum absolute atomic E-state index is 6.16. The lowest BCUT2D eigenvalue weighted by Gasteiger charge is -2.48. The zero-order chi connectivity index (χ0) is 23.3. The van der Waals surface area contributed by atoms with E-state index in [4.69, 9.17) is 47.2 Å². The second-order valence-electron chi connectivity index (χ2n) is 7.85. The van der Waals surface area contributed by atoms with Gasteiger partial charge in [0.25, 0.3) is 0 Å². The molecule has 4 aromatic carbocycles. The summed E-state index contributed by atoms with van der Waals surface area (Å²) in [6.45, 7) is 0. The van der Waals surface area contributed by atoms with E-state index in [1.807, 2.05) is 24.3 Å². The monoisotopic (exact) mass is 536 g/mol. The quantitative estimate of drug-likeness (QED) is 0.210. The third-order valence-electron chi connectivity index (χ3n) is 6.12. The third kappa shape index (κ3) is 4.42. The highest BCUT2D eigenvalue weighted by Crippen LogP contribution is 2.66. The molecule has 4 aromatic rings. The van der Waals surface area contributed by atoms with Gasteiger partial charge in [0.2, 0.25) is 0 Å². The van der Waals surface area contributed by atoms with E-state index in [1.165, 1.54) is 5.56 Å². The Morgan fingerprint density at radius 2 is 0.818 bits per heavy atom. The number of hydrogen-bond acceptors (Lipinski definition) is 4. The van der Waals surface area contributed by atoms with Crippen molar-refractivity contribution in [3.8, 4) is 0 Å². The van der Waals surface area contributed by atoms with Crippen molar-refractivity contribution in [2.45, 2.75) is 16.7 Å². The van der Waals surface area contributed by atoms with Gasteiger partial charge in [0.1, 0.15) is 0 Å². The van der Waals surface area contributed by atoms with Gasteiger partial charge in [-0.1, -0.05) is 121 Å². The van der Waals surface area contributed by atoms with Crippen molar-refractivity contribution >= 4 is 58.2 Å². The predicted octanol–water partition coefficient (Wildman–Crippen LogP) is 7.88. The summed E-state index contributed by atoms with van der Waals surface area (Å²) in [6.07, 6.45) is 0.673. The van der Waals surface area contributed by atoms with E-state index < -0.39 is 21.3 Å². The smallest absolute Gasteiger partial charge is 0.0622 e. The SMILES string of the molecule is S=P(=S)C(Cc1ccccc1)(c1ccccc1)C(c1ccccc1)(c1ccccc1)P(=S)=S. The van der Waals surface area contributed by atoms with Gasteiger partial charge in [0.15, 0.2) is 0 Å². The summed E-state index contributed by atoms with van der Waals surface area (Å²) in [5.41, 5.74) is 1.72. The molecule has 6 heteroatoms. The number of rotatable bonds is 8. The van der Waals surface area contributed by atoms with Crippen molar-refractivity contribution in [3.05, 3.63) is 144 Å². The van der Waals surface area contributed by atoms with E-state index in [0.29, 0.717) is 6.42 Å². The predicted molar refractivity (Wildman–Crippen MR) is 155 cm³/mol. The van der Waals surface area contributed by atoms with E-state index >= 15 is 0 Å². The summed E-state index contributed by atoms with van der Waals surface area (Å²) in [4.78, 5) is 0. The molecule has 0 aromatic heterocycles. The largest absolute Gasteiger partial charge is 0.0965 e. The lowest BCUT2D eigenvalue weighted by Crippen LogP contribution is -2.45. The molecule has 0 aliphatic carbocycles. The van der Waals surface area contributed by atoms with Crippen molar-refractivity contribution in [3.63, 3.8) is 0 Å². The fraction of sp³-hybridized carbons (Fsp3) is 0.111. The molecule has 33 heavy (non-hydrogen) atoms. The Balaban J connectivity index is 2.22. The van der Waals surface area contributed by atoms with Crippen molar-refractivity contribution < 1.29 is 0 Å². The minimum Gasteiger partial charge on any atom is -0.0622 e. The first-order valence-corrected chi connectivity index (χ1v) is 17.3. The summed E-state index contributed by atoms with van der Waals surface area (Å²) in [7, 11) is 0. The van der Waals surface area contributed by atoms with Crippen molar-refractivity contribution in [1.29, 1.82) is 0 Å². The van der Waals surface area contributed by atoms with E-state index in [9.17, 15) is 0 Å². The molecule has 0 saturated heterocycles. The van der Waals surface area contributed by atoms with Crippen molar-refractivity contribution in [1.82, 2.24) is 0 Å². The number of hydrogen-bond donors (Lipinski definition) is 0. The minimum atomic E-state index is -1.39. The molecule has 0 heterocycles. The number of benzene rings is 4. The van der Waals surface area contributed by atoms with Crippen LogP contribution in [0.2, 0.25) is 0 Å². The molecule has 164 valence electrons. The summed E-state index contributed by atoms with van der Waals surface area (Å²) >= 11 is 24.6. The Kier molecular flexibility index (Phi) is 7.97. The minimum absolute atomic E-state index is 0.645. The summed E-state index contributed by atoms with van der Waals surface area (Å²) in [5, 5.41) is -1.35. The highest BCUT2D eigenvalue weighted by Gasteiger charge is 2.56. The van der Waals surface area contributed by atoms with Crippen LogP contribution in [-0.2, 0) is 64.0 Å². The van der Waals surface area contributed by atoms with Crippen LogP contribution < -0.4 is 0 Å². The van der Waals surface area contributed by atoms with Gasteiger partial charge < -0.3 is 0 Å². The molecule has 1 unspecified atom stereocenters. The Hall–Kier alpha value is -1.64. The zero-order valence-electron chi connectivity index (χ0n) is 17.8. The molecule has 0 saturated carbocycles. The molecule has 0 fully saturated rings. The molecule has 0 amide bonds. The van der Waals surface area contributed by atoms with Crippen LogP contribution in [0.4, 0.5) is 0 Å². The molecular weight excluding hydrogens is 515 g/mol. The average Bonchev–Trinajstić information content (AvgIpc) is 2.86. The lowest BCUT2D eigenvalue weighted by molar-refractivity contribution is 0.497. The van der Waals surface area contributed by atoms with Gasteiger partial charge in [-0.2, -0.15) is 0 Å². The second-order valence-corrected chi connectivity index (χ2v) is 16.1. The Morgan fingerprint density at radius 3 is 1.18 bits per heavy atom. The molecule has 0 radical (unpaired) electrons. The third-order valence-corrected chi connectivity index (χ3v) is 12.6. The van der Waals surface area contributed by atoms with Gasteiger partial charge in [-0.25, -0.2) is 0 Å². The standard InChI is InChI=1S/C27H22P2S4/c30-28(31)26(23-15-7-2-8-16-23,21-22-13-5-1-6-14-22)27(29(32)33,24-17-9-3-10-18-24)25-19-11-4-12-20-25/h1-20H,21H2. The van der Waals surface area contributed by atoms with Crippen LogP contribution in [0, 0.1) is 0 Å². The highest BCUT2D eigenvalue weighted by atomic mass is 32.7. The van der Waals surface area contributed by atoms with Crippen molar-refractivity contribution in [2.24, 2.45) is 0 Å². The first-order chi connectivity index (χ1) is 16.0. The molecule has 0 nitrogen and oxygen atoms in total. The molecule has 0 aliphatic heterocycles. The zero-order valence-corrected chi connectivity index (χ0v) is 22.8. The van der Waals surface area contributed by atoms with Gasteiger partial charge in [0.05, 0.1) is 10.3 Å². The van der Waals surface area contributed by atoms with E-state index in [2.05, 4.69) is 97.1 Å². The summed E-state index contributed by atoms with van der Waals surface area (Å²) < 4.78 is 0. The molecule has 0 spiro atoms. The first kappa shape index (κ1) is 24.5. The molecule has 4 rings (SSSR count). The highest BCUT2D eigenvalue weighted by molar-refractivity contribution is 8.27. The van der Waals surface area contributed by atoms with Crippen LogP contribution in [0.5, 0.6) is 0 Å². The van der Waals surface area contributed by atoms with Gasteiger partial charge in [-0.05, 0) is 75.9 Å². The second kappa shape index (κ2) is 10.7. The van der Waals surface area contributed by atoms with Crippen LogP contribution in [0.15, 0.2) is 121 Å². The summed E-state index contributed by atoms with van der Waals surface area (Å²) in [5.74, 6) is 0. The fourth-order valence-corrected chi connectivity index (χ4v) is 12.6. The maximum Gasteiger partial charge on any atom is 0.0965 e. The first-order valence-electron chi connectivity index (χ1n) is 10.5. The van der Waals surface area contributed by atoms with Crippen LogP contribution in [0.25, 0.3) is 0 Å². The molecular formula is C27H22P2S4. The van der Waals surface area contributed by atoms with E-state index in [-0.39, 0.29) is 0 Å². The Morgan fingerprint density at radius 1 is 0.455 bits per heavy atom. The molecule has 1 atom stereocenters. The summed E-state index contributed by atoms with van der Waals surface area (Å²) in [6, 6.07) is 41.8.